The number of hydrogen-bond donors (Lipinski definition) is 0. The summed E-state index contributed by atoms with van der Waals surface area (Å²) in [5.41, 5.74) is 0. The Morgan fingerprint density at radius 3 is 2.58 bits per heavy atom. The van der Waals surface area contributed by atoms with Gasteiger partial charge in [-0.3, -0.25) is 9.59 Å². The molecule has 2 aliphatic rings. The van der Waals surface area contributed by atoms with Gasteiger partial charge in [0.15, 0.2) is 0 Å². The van der Waals surface area contributed by atoms with Gasteiger partial charge in [0.25, 0.3) is 0 Å². The lowest BCUT2D eigenvalue weighted by molar-refractivity contribution is -0.135. The van der Waals surface area contributed by atoms with Crippen molar-refractivity contribution in [3.63, 3.8) is 0 Å². The summed E-state index contributed by atoms with van der Waals surface area (Å²) in [7, 11) is -3.76. The molecule has 1 unspecified atom stereocenters. The van der Waals surface area contributed by atoms with Crippen LogP contribution in [-0.4, -0.2) is 67.1 Å². The van der Waals surface area contributed by atoms with E-state index in [1.807, 2.05) is 0 Å². The lowest BCUT2D eigenvalue weighted by Crippen LogP contribution is -2.40. The molecule has 0 radical (unpaired) electrons. The molecule has 8 nitrogen and oxygen atoms in total. The summed E-state index contributed by atoms with van der Waals surface area (Å²) in [6.45, 7) is 1.77. The van der Waals surface area contributed by atoms with Crippen LogP contribution in [0.15, 0.2) is 52.0 Å². The number of benzene rings is 1. The van der Waals surface area contributed by atoms with Crippen LogP contribution < -0.4 is 0 Å². The maximum atomic E-state index is 13.1. The number of nitrogens with zero attached hydrogens (tertiary/aromatic N) is 3. The standard InChI is InChI=1S/C21H24FN3O5S/c22-17-4-6-19(7-5-17)31(28,29)25-9-2-8-23(10-11-25)21(27)16-13-20(26)24(14-16)15-18-3-1-12-30-18/h1,3-7,12,16H,2,8-11,13-15H2. The van der Waals surface area contributed by atoms with Crippen LogP contribution in [0.25, 0.3) is 0 Å². The van der Waals surface area contributed by atoms with E-state index in [1.54, 1.807) is 28.2 Å². The van der Waals surface area contributed by atoms with Crippen molar-refractivity contribution in [1.29, 1.82) is 0 Å². The molecule has 0 N–H and O–H groups in total. The van der Waals surface area contributed by atoms with E-state index in [4.69, 9.17) is 4.42 Å². The molecule has 2 saturated heterocycles. The van der Waals surface area contributed by atoms with Gasteiger partial charge in [-0.2, -0.15) is 4.31 Å². The molecule has 3 heterocycles. The number of rotatable bonds is 5. The fourth-order valence-corrected chi connectivity index (χ4v) is 5.52. The average molecular weight is 450 g/mol. The molecule has 0 spiro atoms. The van der Waals surface area contributed by atoms with E-state index in [0.29, 0.717) is 31.8 Å². The van der Waals surface area contributed by atoms with E-state index in [0.717, 1.165) is 12.1 Å². The zero-order valence-corrected chi connectivity index (χ0v) is 17.8. The van der Waals surface area contributed by atoms with Crippen molar-refractivity contribution in [2.75, 3.05) is 32.7 Å². The maximum Gasteiger partial charge on any atom is 0.243 e. The first-order chi connectivity index (χ1) is 14.8. The minimum absolute atomic E-state index is 0.0311. The number of likely N-dealkylation sites (tertiary alicyclic amines) is 1. The summed E-state index contributed by atoms with van der Waals surface area (Å²) in [6, 6.07) is 8.26. The fourth-order valence-electron chi connectivity index (χ4n) is 4.05. The van der Waals surface area contributed by atoms with E-state index >= 15 is 0 Å². The van der Waals surface area contributed by atoms with Crippen LogP contribution in [0, 0.1) is 11.7 Å². The van der Waals surface area contributed by atoms with Gasteiger partial charge in [0.2, 0.25) is 21.8 Å². The van der Waals surface area contributed by atoms with Gasteiger partial charge < -0.3 is 14.2 Å². The lowest BCUT2D eigenvalue weighted by atomic mass is 10.1. The smallest absolute Gasteiger partial charge is 0.243 e. The Morgan fingerprint density at radius 2 is 1.87 bits per heavy atom. The highest BCUT2D eigenvalue weighted by Crippen LogP contribution is 2.24. The summed E-state index contributed by atoms with van der Waals surface area (Å²) in [5, 5.41) is 0. The van der Waals surface area contributed by atoms with Gasteiger partial charge in [0.1, 0.15) is 11.6 Å². The zero-order valence-electron chi connectivity index (χ0n) is 16.9. The van der Waals surface area contributed by atoms with Crippen molar-refractivity contribution in [1.82, 2.24) is 14.1 Å². The maximum absolute atomic E-state index is 13.1. The Labute approximate surface area is 180 Å². The molecule has 1 aromatic heterocycles. The van der Waals surface area contributed by atoms with Crippen molar-refractivity contribution in [2.45, 2.75) is 24.3 Å². The summed E-state index contributed by atoms with van der Waals surface area (Å²) in [6.07, 6.45) is 2.18. The lowest BCUT2D eigenvalue weighted by Gasteiger charge is -2.24. The van der Waals surface area contributed by atoms with Gasteiger partial charge in [0.05, 0.1) is 23.6 Å². The molecular formula is C21H24FN3O5S. The minimum Gasteiger partial charge on any atom is -0.467 e. The Balaban J connectivity index is 1.38. The zero-order chi connectivity index (χ0) is 22.0. The predicted octanol–water partition coefficient (Wildman–Crippen LogP) is 1.69. The van der Waals surface area contributed by atoms with Gasteiger partial charge in [-0.15, -0.1) is 0 Å². The molecule has 0 aliphatic carbocycles. The quantitative estimate of drug-likeness (QED) is 0.693. The summed E-state index contributed by atoms with van der Waals surface area (Å²) in [4.78, 5) is 28.6. The summed E-state index contributed by atoms with van der Waals surface area (Å²) < 4.78 is 45.5. The van der Waals surface area contributed by atoms with E-state index in [2.05, 4.69) is 0 Å². The SMILES string of the molecule is O=C1CC(C(=O)N2CCCN(S(=O)(=O)c3ccc(F)cc3)CC2)CN1Cc1ccco1. The van der Waals surface area contributed by atoms with Crippen LogP contribution in [0.2, 0.25) is 0 Å². The van der Waals surface area contributed by atoms with E-state index < -0.39 is 21.8 Å². The first-order valence-corrected chi connectivity index (χ1v) is 11.6. The van der Waals surface area contributed by atoms with Gasteiger partial charge in [-0.05, 0) is 42.8 Å². The predicted molar refractivity (Wildman–Crippen MR) is 109 cm³/mol. The monoisotopic (exact) mass is 449 g/mol. The highest BCUT2D eigenvalue weighted by molar-refractivity contribution is 7.89. The molecule has 2 aliphatic heterocycles. The number of sulfonamides is 1. The number of carbonyl (C=O) groups is 2. The molecule has 10 heteroatoms. The molecule has 2 amide bonds. The highest BCUT2D eigenvalue weighted by atomic mass is 32.2. The third-order valence-electron chi connectivity index (χ3n) is 5.71. The highest BCUT2D eigenvalue weighted by Gasteiger charge is 2.38. The molecular weight excluding hydrogens is 425 g/mol. The number of amides is 2. The second-order valence-electron chi connectivity index (χ2n) is 7.79. The van der Waals surface area contributed by atoms with Gasteiger partial charge in [0, 0.05) is 39.1 Å². The van der Waals surface area contributed by atoms with Crippen molar-refractivity contribution in [3.05, 3.63) is 54.2 Å². The third-order valence-corrected chi connectivity index (χ3v) is 7.62. The van der Waals surface area contributed by atoms with Crippen molar-refractivity contribution >= 4 is 21.8 Å². The Kier molecular flexibility index (Phi) is 6.10. The van der Waals surface area contributed by atoms with Crippen LogP contribution in [0.5, 0.6) is 0 Å². The normalized spacial score (nSPS) is 20.8. The number of halogens is 1. The molecule has 0 bridgehead atoms. The minimum atomic E-state index is -3.76. The molecule has 31 heavy (non-hydrogen) atoms. The Hall–Kier alpha value is -2.72. The first kappa shape index (κ1) is 21.5. The van der Waals surface area contributed by atoms with E-state index in [-0.39, 0.29) is 42.8 Å². The third kappa shape index (κ3) is 4.64. The van der Waals surface area contributed by atoms with Gasteiger partial charge in [-0.25, -0.2) is 12.8 Å². The summed E-state index contributed by atoms with van der Waals surface area (Å²) >= 11 is 0. The largest absolute Gasteiger partial charge is 0.467 e. The van der Waals surface area contributed by atoms with Crippen LogP contribution in [0.4, 0.5) is 4.39 Å². The second-order valence-corrected chi connectivity index (χ2v) is 9.73. The second kappa shape index (κ2) is 8.80. The molecule has 1 atom stereocenters. The van der Waals surface area contributed by atoms with Gasteiger partial charge >= 0.3 is 0 Å². The fraction of sp³-hybridized carbons (Fsp3) is 0.429. The molecule has 0 saturated carbocycles. The van der Waals surface area contributed by atoms with Crippen molar-refractivity contribution in [3.8, 4) is 0 Å². The number of hydrogen-bond acceptors (Lipinski definition) is 5. The number of furan rings is 1. The first-order valence-electron chi connectivity index (χ1n) is 10.2. The average Bonchev–Trinajstić information content (AvgIpc) is 3.30. The van der Waals surface area contributed by atoms with Crippen LogP contribution in [-0.2, 0) is 26.2 Å². The van der Waals surface area contributed by atoms with Crippen LogP contribution in [0.1, 0.15) is 18.6 Å². The van der Waals surface area contributed by atoms with Crippen LogP contribution in [0.3, 0.4) is 0 Å². The topological polar surface area (TPSA) is 91.1 Å². The Morgan fingerprint density at radius 1 is 1.10 bits per heavy atom. The van der Waals surface area contributed by atoms with Gasteiger partial charge in [-0.1, -0.05) is 0 Å². The molecule has 2 fully saturated rings. The number of carbonyl (C=O) groups excluding carboxylic acids is 2. The molecule has 4 rings (SSSR count). The van der Waals surface area contributed by atoms with Crippen LogP contribution >= 0.6 is 0 Å². The molecule has 166 valence electrons. The van der Waals surface area contributed by atoms with Crippen molar-refractivity contribution < 1.29 is 26.8 Å². The van der Waals surface area contributed by atoms with E-state index in [9.17, 15) is 22.4 Å². The summed E-state index contributed by atoms with van der Waals surface area (Å²) in [5.74, 6) is -0.499. The van der Waals surface area contributed by atoms with E-state index in [1.165, 1.54) is 16.4 Å². The molecule has 1 aromatic carbocycles. The molecule has 2 aromatic rings. The Bertz CT molecular complexity index is 1040. The van der Waals surface area contributed by atoms with Crippen molar-refractivity contribution in [2.24, 2.45) is 5.92 Å².